The minimum absolute atomic E-state index is 0.197. The van der Waals surface area contributed by atoms with E-state index in [1.807, 2.05) is 25.1 Å². The minimum Gasteiger partial charge on any atom is -0.497 e. The third-order valence-electron chi connectivity index (χ3n) is 2.48. The number of methoxy groups -OCH3 is 1. The van der Waals surface area contributed by atoms with Gasteiger partial charge in [-0.2, -0.15) is 0 Å². The molecule has 104 valence electrons. The molecule has 1 aromatic rings. The number of hydrogen-bond donors (Lipinski definition) is 3. The largest absolute Gasteiger partial charge is 0.497 e. The fourth-order valence-corrected chi connectivity index (χ4v) is 1.44. The molecule has 0 spiro atoms. The van der Waals surface area contributed by atoms with Crippen molar-refractivity contribution in [3.05, 3.63) is 42.0 Å². The van der Waals surface area contributed by atoms with E-state index in [0.29, 0.717) is 18.3 Å². The molecule has 0 heterocycles. The van der Waals surface area contributed by atoms with Crippen molar-refractivity contribution in [2.45, 2.75) is 13.0 Å². The van der Waals surface area contributed by atoms with Gasteiger partial charge in [0.05, 0.1) is 19.8 Å². The van der Waals surface area contributed by atoms with E-state index in [4.69, 9.17) is 10.5 Å². The van der Waals surface area contributed by atoms with Crippen LogP contribution in [0.25, 0.3) is 0 Å². The minimum atomic E-state index is -0.708. The average molecular weight is 263 g/mol. The highest BCUT2D eigenvalue weighted by atomic mass is 16.5. The van der Waals surface area contributed by atoms with Crippen LogP contribution >= 0.6 is 0 Å². The third kappa shape index (κ3) is 5.44. The number of benzene rings is 1. The summed E-state index contributed by atoms with van der Waals surface area (Å²) in [5, 5.41) is 12.9. The lowest BCUT2D eigenvalue weighted by atomic mass is 10.1. The average Bonchev–Trinajstić information content (AvgIpc) is 2.42. The van der Waals surface area contributed by atoms with Gasteiger partial charge in [0.15, 0.2) is 5.96 Å². The van der Waals surface area contributed by atoms with Crippen molar-refractivity contribution in [1.82, 2.24) is 5.32 Å². The van der Waals surface area contributed by atoms with Crippen LogP contribution in [0.4, 0.5) is 0 Å². The van der Waals surface area contributed by atoms with Crippen LogP contribution < -0.4 is 15.8 Å². The van der Waals surface area contributed by atoms with Crippen LogP contribution in [0.15, 0.2) is 41.4 Å². The zero-order valence-electron chi connectivity index (χ0n) is 11.4. The van der Waals surface area contributed by atoms with Gasteiger partial charge in [-0.1, -0.05) is 24.3 Å². The number of aliphatic hydroxyl groups is 1. The number of aliphatic imine (C=N–C) groups is 1. The van der Waals surface area contributed by atoms with E-state index < -0.39 is 6.10 Å². The van der Waals surface area contributed by atoms with Gasteiger partial charge >= 0.3 is 0 Å². The van der Waals surface area contributed by atoms with Gasteiger partial charge in [0, 0.05) is 6.54 Å². The van der Waals surface area contributed by atoms with Crippen molar-refractivity contribution in [2.24, 2.45) is 10.7 Å². The number of nitrogens with one attached hydrogen (secondary N) is 1. The van der Waals surface area contributed by atoms with Crippen LogP contribution in [0.1, 0.15) is 18.6 Å². The molecule has 0 aromatic heterocycles. The molecular weight excluding hydrogens is 242 g/mol. The first kappa shape index (κ1) is 15.0. The quantitative estimate of drug-likeness (QED) is 0.409. The SMILES string of the molecule is C=C(C)CNC(N)=NCC(O)c1cccc(OC)c1. The molecule has 0 amide bonds. The molecule has 4 N–H and O–H groups in total. The van der Waals surface area contributed by atoms with Gasteiger partial charge in [-0.25, -0.2) is 0 Å². The van der Waals surface area contributed by atoms with Crippen LogP contribution in [-0.2, 0) is 0 Å². The monoisotopic (exact) mass is 263 g/mol. The van der Waals surface area contributed by atoms with Crippen molar-refractivity contribution >= 4 is 5.96 Å². The van der Waals surface area contributed by atoms with E-state index in [1.165, 1.54) is 0 Å². The van der Waals surface area contributed by atoms with Crippen LogP contribution in [0.2, 0.25) is 0 Å². The molecule has 1 aromatic carbocycles. The van der Waals surface area contributed by atoms with E-state index in [2.05, 4.69) is 16.9 Å². The van der Waals surface area contributed by atoms with Crippen LogP contribution in [-0.4, -0.2) is 31.3 Å². The van der Waals surface area contributed by atoms with Crippen molar-refractivity contribution in [3.8, 4) is 5.75 Å². The highest BCUT2D eigenvalue weighted by Gasteiger charge is 2.07. The van der Waals surface area contributed by atoms with Crippen LogP contribution in [0.5, 0.6) is 5.75 Å². The van der Waals surface area contributed by atoms with Crippen molar-refractivity contribution in [2.75, 3.05) is 20.2 Å². The summed E-state index contributed by atoms with van der Waals surface area (Å²) in [6.07, 6.45) is -0.708. The maximum absolute atomic E-state index is 10.0. The molecule has 0 saturated heterocycles. The number of rotatable bonds is 6. The Balaban J connectivity index is 2.56. The van der Waals surface area contributed by atoms with Gasteiger partial charge in [-0.3, -0.25) is 4.99 Å². The van der Waals surface area contributed by atoms with Crippen molar-refractivity contribution in [1.29, 1.82) is 0 Å². The first-order valence-electron chi connectivity index (χ1n) is 6.03. The maximum Gasteiger partial charge on any atom is 0.188 e. The molecule has 1 rings (SSSR count). The van der Waals surface area contributed by atoms with Crippen LogP contribution in [0.3, 0.4) is 0 Å². The second-order valence-electron chi connectivity index (χ2n) is 4.33. The van der Waals surface area contributed by atoms with Gasteiger partial charge in [0.25, 0.3) is 0 Å². The van der Waals surface area contributed by atoms with Gasteiger partial charge in [0.1, 0.15) is 5.75 Å². The first-order valence-corrected chi connectivity index (χ1v) is 6.03. The Morgan fingerprint density at radius 3 is 2.95 bits per heavy atom. The Morgan fingerprint density at radius 1 is 1.58 bits per heavy atom. The zero-order valence-corrected chi connectivity index (χ0v) is 11.4. The second-order valence-corrected chi connectivity index (χ2v) is 4.33. The fourth-order valence-electron chi connectivity index (χ4n) is 1.44. The summed E-state index contributed by atoms with van der Waals surface area (Å²) in [6.45, 7) is 6.42. The Morgan fingerprint density at radius 2 is 2.32 bits per heavy atom. The fraction of sp³-hybridized carbons (Fsp3) is 0.357. The molecule has 0 aliphatic heterocycles. The highest BCUT2D eigenvalue weighted by molar-refractivity contribution is 5.78. The molecule has 0 fully saturated rings. The summed E-state index contributed by atoms with van der Waals surface area (Å²) >= 11 is 0. The Hall–Kier alpha value is -2.01. The van der Waals surface area contributed by atoms with Crippen molar-refractivity contribution in [3.63, 3.8) is 0 Å². The Kier molecular flexibility index (Phi) is 5.89. The molecule has 0 radical (unpaired) electrons. The summed E-state index contributed by atoms with van der Waals surface area (Å²) in [4.78, 5) is 4.08. The van der Waals surface area contributed by atoms with Gasteiger partial charge in [-0.15, -0.1) is 0 Å². The lowest BCUT2D eigenvalue weighted by Gasteiger charge is -2.11. The lowest BCUT2D eigenvalue weighted by molar-refractivity contribution is 0.186. The Labute approximate surface area is 113 Å². The number of ether oxygens (including phenoxy) is 1. The molecule has 5 heteroatoms. The molecule has 5 nitrogen and oxygen atoms in total. The Bertz CT molecular complexity index is 458. The second kappa shape index (κ2) is 7.43. The standard InChI is InChI=1S/C14H21N3O2/c1-10(2)8-16-14(15)17-9-13(18)11-5-4-6-12(7-11)19-3/h4-7,13,18H,1,8-9H2,2-3H3,(H3,15,16,17). The summed E-state index contributed by atoms with van der Waals surface area (Å²) < 4.78 is 5.10. The lowest BCUT2D eigenvalue weighted by Crippen LogP contribution is -2.33. The topological polar surface area (TPSA) is 79.9 Å². The molecule has 1 atom stereocenters. The number of guanidine groups is 1. The van der Waals surface area contributed by atoms with E-state index in [1.54, 1.807) is 13.2 Å². The summed E-state index contributed by atoms with van der Waals surface area (Å²) in [7, 11) is 1.59. The molecule has 0 saturated carbocycles. The van der Waals surface area contributed by atoms with E-state index in [-0.39, 0.29) is 6.54 Å². The number of aliphatic hydroxyl groups excluding tert-OH is 1. The first-order chi connectivity index (χ1) is 9.02. The molecule has 0 bridgehead atoms. The third-order valence-corrected chi connectivity index (χ3v) is 2.48. The number of nitrogens with two attached hydrogens (primary N) is 1. The van der Waals surface area contributed by atoms with Gasteiger partial charge in [-0.05, 0) is 24.6 Å². The molecule has 0 aliphatic carbocycles. The summed E-state index contributed by atoms with van der Waals surface area (Å²) in [5.41, 5.74) is 7.38. The highest BCUT2D eigenvalue weighted by Crippen LogP contribution is 2.19. The van der Waals surface area contributed by atoms with Crippen LogP contribution in [0, 0.1) is 0 Å². The summed E-state index contributed by atoms with van der Waals surface area (Å²) in [5.74, 6) is 0.999. The van der Waals surface area contributed by atoms with Gasteiger partial charge < -0.3 is 20.9 Å². The predicted molar refractivity (Wildman–Crippen MR) is 77.3 cm³/mol. The summed E-state index contributed by atoms with van der Waals surface area (Å²) in [6, 6.07) is 7.24. The normalized spacial score (nSPS) is 12.9. The molecule has 19 heavy (non-hydrogen) atoms. The molecular formula is C14H21N3O2. The van der Waals surface area contributed by atoms with E-state index >= 15 is 0 Å². The van der Waals surface area contributed by atoms with E-state index in [9.17, 15) is 5.11 Å². The molecule has 1 unspecified atom stereocenters. The van der Waals surface area contributed by atoms with Gasteiger partial charge in [0.2, 0.25) is 0 Å². The number of nitrogens with zero attached hydrogens (tertiary/aromatic N) is 1. The zero-order chi connectivity index (χ0) is 14.3. The van der Waals surface area contributed by atoms with Crippen molar-refractivity contribution < 1.29 is 9.84 Å². The maximum atomic E-state index is 10.0. The van der Waals surface area contributed by atoms with E-state index in [0.717, 1.165) is 11.1 Å². The number of hydrogen-bond acceptors (Lipinski definition) is 3. The smallest absolute Gasteiger partial charge is 0.188 e. The molecule has 0 aliphatic rings. The predicted octanol–water partition coefficient (Wildman–Crippen LogP) is 1.21.